The SMILES string of the molecule is CC(SC1CCCC1)C(=O)Nc1ccc(Br)cc1. The average molecular weight is 328 g/mol. The first-order valence-corrected chi connectivity index (χ1v) is 8.10. The second kappa shape index (κ2) is 6.62. The summed E-state index contributed by atoms with van der Waals surface area (Å²) in [5.41, 5.74) is 0.863. The highest BCUT2D eigenvalue weighted by molar-refractivity contribution is 9.10. The van der Waals surface area contributed by atoms with Crippen LogP contribution in [0.25, 0.3) is 0 Å². The summed E-state index contributed by atoms with van der Waals surface area (Å²) < 4.78 is 1.02. The number of thioether (sulfide) groups is 1. The summed E-state index contributed by atoms with van der Waals surface area (Å²) in [5, 5.41) is 3.66. The van der Waals surface area contributed by atoms with E-state index in [-0.39, 0.29) is 11.2 Å². The van der Waals surface area contributed by atoms with Gasteiger partial charge in [0.15, 0.2) is 0 Å². The van der Waals surface area contributed by atoms with Gasteiger partial charge >= 0.3 is 0 Å². The van der Waals surface area contributed by atoms with Crippen molar-refractivity contribution < 1.29 is 4.79 Å². The predicted molar refractivity (Wildman–Crippen MR) is 82.1 cm³/mol. The molecule has 0 heterocycles. The number of halogens is 1. The van der Waals surface area contributed by atoms with Gasteiger partial charge in [0.1, 0.15) is 0 Å². The molecule has 0 aliphatic heterocycles. The summed E-state index contributed by atoms with van der Waals surface area (Å²) in [6.45, 7) is 2.00. The maximum absolute atomic E-state index is 12.0. The second-order valence-electron chi connectivity index (χ2n) is 4.68. The van der Waals surface area contributed by atoms with E-state index in [1.807, 2.05) is 43.0 Å². The van der Waals surface area contributed by atoms with Crippen LogP contribution in [0.4, 0.5) is 5.69 Å². The molecule has 1 atom stereocenters. The van der Waals surface area contributed by atoms with E-state index in [2.05, 4.69) is 21.2 Å². The molecule has 1 amide bonds. The highest BCUT2D eigenvalue weighted by Gasteiger charge is 2.22. The van der Waals surface area contributed by atoms with Crippen molar-refractivity contribution in [3.05, 3.63) is 28.7 Å². The van der Waals surface area contributed by atoms with Crippen molar-refractivity contribution in [2.75, 3.05) is 5.32 Å². The van der Waals surface area contributed by atoms with E-state index in [1.54, 1.807) is 0 Å². The van der Waals surface area contributed by atoms with E-state index < -0.39 is 0 Å². The van der Waals surface area contributed by atoms with Crippen LogP contribution < -0.4 is 5.32 Å². The molecule has 0 spiro atoms. The molecule has 1 N–H and O–H groups in total. The molecule has 2 rings (SSSR count). The summed E-state index contributed by atoms with van der Waals surface area (Å²) in [6, 6.07) is 7.69. The molecule has 4 heteroatoms. The Labute approximate surface area is 121 Å². The lowest BCUT2D eigenvalue weighted by Crippen LogP contribution is -2.24. The number of carbonyl (C=O) groups excluding carboxylic acids is 1. The number of hydrogen-bond acceptors (Lipinski definition) is 2. The number of anilines is 1. The van der Waals surface area contributed by atoms with Crippen LogP contribution in [0.1, 0.15) is 32.6 Å². The lowest BCUT2D eigenvalue weighted by molar-refractivity contribution is -0.115. The molecule has 1 aliphatic rings. The van der Waals surface area contributed by atoms with Crippen molar-refractivity contribution in [2.24, 2.45) is 0 Å². The summed E-state index contributed by atoms with van der Waals surface area (Å²) in [7, 11) is 0. The summed E-state index contributed by atoms with van der Waals surface area (Å²) in [6.07, 6.45) is 5.17. The molecule has 0 saturated heterocycles. The Morgan fingerprint density at radius 2 is 1.94 bits per heavy atom. The zero-order valence-corrected chi connectivity index (χ0v) is 12.9. The predicted octanol–water partition coefficient (Wildman–Crippen LogP) is 4.45. The largest absolute Gasteiger partial charge is 0.325 e. The van der Waals surface area contributed by atoms with Gasteiger partial charge in [-0.1, -0.05) is 28.8 Å². The third-order valence-corrected chi connectivity index (χ3v) is 5.19. The Balaban J connectivity index is 1.84. The molecule has 18 heavy (non-hydrogen) atoms. The van der Waals surface area contributed by atoms with Crippen LogP contribution in [0.2, 0.25) is 0 Å². The molecule has 1 aromatic carbocycles. The van der Waals surface area contributed by atoms with Gasteiger partial charge in [-0.2, -0.15) is 0 Å². The fourth-order valence-electron chi connectivity index (χ4n) is 2.15. The van der Waals surface area contributed by atoms with Gasteiger partial charge in [-0.25, -0.2) is 0 Å². The quantitative estimate of drug-likeness (QED) is 0.884. The van der Waals surface area contributed by atoms with Crippen molar-refractivity contribution in [3.8, 4) is 0 Å². The van der Waals surface area contributed by atoms with Gasteiger partial charge in [0.25, 0.3) is 0 Å². The lowest BCUT2D eigenvalue weighted by atomic mass is 10.3. The number of amides is 1. The molecular formula is C14H18BrNOS. The van der Waals surface area contributed by atoms with Gasteiger partial charge in [0.2, 0.25) is 5.91 Å². The molecule has 0 bridgehead atoms. The van der Waals surface area contributed by atoms with Crippen molar-refractivity contribution in [3.63, 3.8) is 0 Å². The van der Waals surface area contributed by atoms with E-state index in [1.165, 1.54) is 25.7 Å². The smallest absolute Gasteiger partial charge is 0.237 e. The third kappa shape index (κ3) is 4.02. The van der Waals surface area contributed by atoms with Crippen molar-refractivity contribution in [1.29, 1.82) is 0 Å². The molecular weight excluding hydrogens is 310 g/mol. The molecule has 1 saturated carbocycles. The van der Waals surface area contributed by atoms with E-state index >= 15 is 0 Å². The summed E-state index contributed by atoms with van der Waals surface area (Å²) in [5.74, 6) is 0.106. The molecule has 2 nitrogen and oxygen atoms in total. The molecule has 1 fully saturated rings. The van der Waals surface area contributed by atoms with Crippen molar-refractivity contribution >= 4 is 39.3 Å². The number of hydrogen-bond donors (Lipinski definition) is 1. The van der Waals surface area contributed by atoms with Crippen LogP contribution in [-0.2, 0) is 4.79 Å². The highest BCUT2D eigenvalue weighted by Crippen LogP contribution is 2.32. The fraction of sp³-hybridized carbons (Fsp3) is 0.500. The summed E-state index contributed by atoms with van der Waals surface area (Å²) >= 11 is 5.20. The minimum atomic E-state index is 0.0248. The monoisotopic (exact) mass is 327 g/mol. The first kappa shape index (κ1) is 13.9. The Morgan fingerprint density at radius 1 is 1.33 bits per heavy atom. The molecule has 0 radical (unpaired) electrons. The zero-order valence-electron chi connectivity index (χ0n) is 10.5. The third-order valence-electron chi connectivity index (χ3n) is 3.18. The lowest BCUT2D eigenvalue weighted by Gasteiger charge is -2.16. The molecule has 1 unspecified atom stereocenters. The minimum absolute atomic E-state index is 0.0248. The first-order chi connectivity index (χ1) is 8.65. The number of benzene rings is 1. The molecule has 1 aromatic rings. The zero-order chi connectivity index (χ0) is 13.0. The van der Waals surface area contributed by atoms with Gasteiger partial charge < -0.3 is 5.32 Å². The fourth-order valence-corrected chi connectivity index (χ4v) is 3.78. The number of rotatable bonds is 4. The normalized spacial score (nSPS) is 17.7. The summed E-state index contributed by atoms with van der Waals surface area (Å²) in [4.78, 5) is 12.0. The Morgan fingerprint density at radius 3 is 2.56 bits per heavy atom. The van der Waals surface area contributed by atoms with Crippen molar-refractivity contribution in [2.45, 2.75) is 43.1 Å². The molecule has 0 aromatic heterocycles. The van der Waals surface area contributed by atoms with E-state index in [0.717, 1.165) is 10.2 Å². The average Bonchev–Trinajstić information content (AvgIpc) is 2.85. The van der Waals surface area contributed by atoms with Gasteiger partial charge in [0.05, 0.1) is 5.25 Å². The highest BCUT2D eigenvalue weighted by atomic mass is 79.9. The first-order valence-electron chi connectivity index (χ1n) is 6.37. The maximum atomic E-state index is 12.0. The standard InChI is InChI=1S/C14H18BrNOS/c1-10(18-13-4-2-3-5-13)14(17)16-12-8-6-11(15)7-9-12/h6-10,13H,2-5H2,1H3,(H,16,17). The van der Waals surface area contributed by atoms with E-state index in [4.69, 9.17) is 0 Å². The van der Waals surface area contributed by atoms with Crippen LogP contribution in [0, 0.1) is 0 Å². The van der Waals surface area contributed by atoms with Crippen LogP contribution in [-0.4, -0.2) is 16.4 Å². The van der Waals surface area contributed by atoms with E-state index in [0.29, 0.717) is 5.25 Å². The van der Waals surface area contributed by atoms with Crippen LogP contribution >= 0.6 is 27.7 Å². The van der Waals surface area contributed by atoms with Crippen LogP contribution in [0.3, 0.4) is 0 Å². The second-order valence-corrected chi connectivity index (χ2v) is 7.24. The van der Waals surface area contributed by atoms with Crippen LogP contribution in [0.15, 0.2) is 28.7 Å². The number of carbonyl (C=O) groups is 1. The van der Waals surface area contributed by atoms with E-state index in [9.17, 15) is 4.79 Å². The minimum Gasteiger partial charge on any atom is -0.325 e. The van der Waals surface area contributed by atoms with Gasteiger partial charge in [-0.05, 0) is 44.0 Å². The number of nitrogens with one attached hydrogen (secondary N) is 1. The Hall–Kier alpha value is -0.480. The van der Waals surface area contributed by atoms with Crippen molar-refractivity contribution in [1.82, 2.24) is 0 Å². The Kier molecular flexibility index (Phi) is 5.13. The molecule has 98 valence electrons. The molecule has 1 aliphatic carbocycles. The maximum Gasteiger partial charge on any atom is 0.237 e. The van der Waals surface area contributed by atoms with Crippen LogP contribution in [0.5, 0.6) is 0 Å². The van der Waals surface area contributed by atoms with Gasteiger partial charge in [-0.15, -0.1) is 11.8 Å². The Bertz CT molecular complexity index is 401. The van der Waals surface area contributed by atoms with Gasteiger partial charge in [0, 0.05) is 15.4 Å². The topological polar surface area (TPSA) is 29.1 Å². The van der Waals surface area contributed by atoms with Gasteiger partial charge in [-0.3, -0.25) is 4.79 Å².